The fourth-order valence-corrected chi connectivity index (χ4v) is 0. The van der Waals surface area contributed by atoms with E-state index in [2.05, 4.69) is 5.73 Å². The predicted molar refractivity (Wildman–Crippen MR) is 13.6 cm³/mol. The minimum absolute atomic E-state index is 0. The van der Waals surface area contributed by atoms with Gasteiger partial charge in [-0.15, -0.1) is 0 Å². The molecule has 0 radical (unpaired) electrons. The molecule has 1 atom stereocenters. The second-order valence-corrected chi connectivity index (χ2v) is 0.705. The van der Waals surface area contributed by atoms with Gasteiger partial charge in [0.1, 0.15) is 0 Å². The van der Waals surface area contributed by atoms with E-state index in [-0.39, 0.29) is 29.6 Å². The fraction of sp³-hybridized carbons (Fsp3) is 1.00. The number of nitrogens with two attached hydrogens (primary N) is 1. The molecule has 2 N–H and O–H groups in total. The number of hydrogen-bond donors (Lipinski definition) is 1. The first-order valence-electron chi connectivity index (χ1n) is 1.15. The maximum atomic E-state index is 9.31. The topological polar surface area (TPSA) is 49.1 Å². The van der Waals surface area contributed by atoms with E-state index in [1.54, 1.807) is 0 Å². The van der Waals surface area contributed by atoms with Gasteiger partial charge in [0.25, 0.3) is 0 Å². The molecule has 0 aliphatic carbocycles. The molecule has 0 bridgehead atoms. The number of rotatable bonds is 0. The summed E-state index contributed by atoms with van der Waals surface area (Å²) in [6.07, 6.45) is -0.917. The van der Waals surface area contributed by atoms with Crippen LogP contribution in [-0.2, 0) is 0 Å². The van der Waals surface area contributed by atoms with Gasteiger partial charge in [-0.2, -0.15) is 0 Å². The molecular formula is C2H6NNaO. The summed E-state index contributed by atoms with van der Waals surface area (Å²) in [6, 6.07) is 0. The van der Waals surface area contributed by atoms with Crippen molar-refractivity contribution in [2.75, 3.05) is 0 Å². The maximum Gasteiger partial charge on any atom is 1.00 e. The van der Waals surface area contributed by atoms with E-state index in [0.29, 0.717) is 0 Å². The Kier molecular flexibility index (Phi) is 9.18. The Bertz CT molecular complexity index is 14.4. The molecule has 0 amide bonds. The summed E-state index contributed by atoms with van der Waals surface area (Å²) in [6.45, 7) is 1.39. The van der Waals surface area contributed by atoms with Crippen molar-refractivity contribution in [3.63, 3.8) is 0 Å². The standard InChI is InChI=1S/C2H6NO.Na/c1-2(3)4;/h2H,3H2,1H3;/q-1;+1. The second-order valence-electron chi connectivity index (χ2n) is 0.705. The van der Waals surface area contributed by atoms with Crippen molar-refractivity contribution in [1.29, 1.82) is 0 Å². The Balaban J connectivity index is 0. The summed E-state index contributed by atoms with van der Waals surface area (Å²) < 4.78 is 0. The molecule has 1 unspecified atom stereocenters. The van der Waals surface area contributed by atoms with Gasteiger partial charge >= 0.3 is 29.6 Å². The van der Waals surface area contributed by atoms with Crippen LogP contribution in [0.15, 0.2) is 0 Å². The van der Waals surface area contributed by atoms with Crippen LogP contribution in [-0.4, -0.2) is 6.23 Å². The van der Waals surface area contributed by atoms with Crippen molar-refractivity contribution < 1.29 is 34.7 Å². The Morgan fingerprint density at radius 2 is 1.80 bits per heavy atom. The molecule has 26 valence electrons. The third kappa shape index (κ3) is 49.6. The SMILES string of the molecule is CC(N)[O-].[Na+]. The van der Waals surface area contributed by atoms with Gasteiger partial charge in [0.05, 0.1) is 0 Å². The Morgan fingerprint density at radius 3 is 1.80 bits per heavy atom. The molecule has 0 heterocycles. The van der Waals surface area contributed by atoms with Gasteiger partial charge in [-0.05, 0) is 0 Å². The quantitative estimate of drug-likeness (QED) is 0.238. The van der Waals surface area contributed by atoms with E-state index >= 15 is 0 Å². The zero-order valence-electron chi connectivity index (χ0n) is 3.56. The minimum Gasteiger partial charge on any atom is -0.841 e. The average molecular weight is 83.1 g/mol. The van der Waals surface area contributed by atoms with Crippen molar-refractivity contribution >= 4 is 0 Å². The summed E-state index contributed by atoms with van der Waals surface area (Å²) in [7, 11) is 0. The summed E-state index contributed by atoms with van der Waals surface area (Å²) in [5.41, 5.74) is 4.56. The third-order valence-corrected chi connectivity index (χ3v) is 0. The van der Waals surface area contributed by atoms with Crippen molar-refractivity contribution in [3.8, 4) is 0 Å². The first-order chi connectivity index (χ1) is 1.73. The van der Waals surface area contributed by atoms with Crippen LogP contribution >= 0.6 is 0 Å². The van der Waals surface area contributed by atoms with E-state index in [9.17, 15) is 5.11 Å². The van der Waals surface area contributed by atoms with E-state index in [4.69, 9.17) is 0 Å². The monoisotopic (exact) mass is 83.0 g/mol. The molecule has 0 aromatic heterocycles. The molecule has 0 spiro atoms. The summed E-state index contributed by atoms with van der Waals surface area (Å²) in [4.78, 5) is 0. The molecule has 2 nitrogen and oxygen atoms in total. The van der Waals surface area contributed by atoms with Gasteiger partial charge in [-0.3, -0.25) is 0 Å². The molecule has 0 saturated carbocycles. The minimum atomic E-state index is -0.917. The first kappa shape index (κ1) is 9.33. The summed E-state index contributed by atoms with van der Waals surface area (Å²) in [5, 5.41) is 9.31. The van der Waals surface area contributed by atoms with Gasteiger partial charge in [0.15, 0.2) is 0 Å². The molecule has 0 fully saturated rings. The van der Waals surface area contributed by atoms with Crippen LogP contribution in [0.4, 0.5) is 0 Å². The van der Waals surface area contributed by atoms with Gasteiger partial charge in [0.2, 0.25) is 0 Å². The summed E-state index contributed by atoms with van der Waals surface area (Å²) in [5.74, 6) is 0. The molecule has 0 aliphatic heterocycles. The molecule has 5 heavy (non-hydrogen) atoms. The van der Waals surface area contributed by atoms with Gasteiger partial charge in [-0.1, -0.05) is 13.2 Å². The van der Waals surface area contributed by atoms with Crippen molar-refractivity contribution in [2.45, 2.75) is 13.2 Å². The molecule has 0 rings (SSSR count). The van der Waals surface area contributed by atoms with E-state index in [0.717, 1.165) is 0 Å². The van der Waals surface area contributed by atoms with Crippen molar-refractivity contribution in [3.05, 3.63) is 0 Å². The second kappa shape index (κ2) is 4.92. The zero-order chi connectivity index (χ0) is 3.58. The Labute approximate surface area is 53.7 Å². The predicted octanol–water partition coefficient (Wildman–Crippen LogP) is -4.34. The van der Waals surface area contributed by atoms with Crippen LogP contribution in [0, 0.1) is 0 Å². The zero-order valence-corrected chi connectivity index (χ0v) is 5.56. The largest absolute Gasteiger partial charge is 1.00 e. The third-order valence-electron chi connectivity index (χ3n) is 0. The van der Waals surface area contributed by atoms with Crippen LogP contribution in [0.25, 0.3) is 0 Å². The average Bonchev–Trinajstić information content (AvgIpc) is 0.811. The Hall–Kier alpha value is 0.920. The summed E-state index contributed by atoms with van der Waals surface area (Å²) >= 11 is 0. The van der Waals surface area contributed by atoms with Crippen LogP contribution in [0.1, 0.15) is 6.92 Å². The Morgan fingerprint density at radius 1 is 1.80 bits per heavy atom. The van der Waals surface area contributed by atoms with Crippen molar-refractivity contribution in [1.82, 2.24) is 0 Å². The smallest absolute Gasteiger partial charge is 0.841 e. The molecule has 0 saturated heterocycles. The molecule has 0 aromatic carbocycles. The van der Waals surface area contributed by atoms with Gasteiger partial charge in [0, 0.05) is 0 Å². The molecular weight excluding hydrogens is 77.0 g/mol. The molecule has 3 heteroatoms. The molecule has 0 aromatic rings. The van der Waals surface area contributed by atoms with E-state index < -0.39 is 6.23 Å². The van der Waals surface area contributed by atoms with Crippen LogP contribution in [0.5, 0.6) is 0 Å². The van der Waals surface area contributed by atoms with Crippen molar-refractivity contribution in [2.24, 2.45) is 5.73 Å². The van der Waals surface area contributed by atoms with E-state index in [1.165, 1.54) is 6.92 Å². The normalized spacial score (nSPS) is 12.6. The van der Waals surface area contributed by atoms with Crippen LogP contribution in [0.3, 0.4) is 0 Å². The fourth-order valence-electron chi connectivity index (χ4n) is 0. The van der Waals surface area contributed by atoms with Gasteiger partial charge in [-0.25, -0.2) is 0 Å². The number of hydrogen-bond acceptors (Lipinski definition) is 2. The van der Waals surface area contributed by atoms with Crippen LogP contribution < -0.4 is 40.4 Å². The maximum absolute atomic E-state index is 9.31. The molecule has 0 aliphatic rings. The van der Waals surface area contributed by atoms with Gasteiger partial charge < -0.3 is 10.8 Å². The van der Waals surface area contributed by atoms with E-state index in [1.807, 2.05) is 0 Å². The van der Waals surface area contributed by atoms with Crippen LogP contribution in [0.2, 0.25) is 0 Å². The first-order valence-corrected chi connectivity index (χ1v) is 1.15.